The van der Waals surface area contributed by atoms with E-state index in [0.29, 0.717) is 39.0 Å². The van der Waals surface area contributed by atoms with Crippen LogP contribution in [0.15, 0.2) is 0 Å². The van der Waals surface area contributed by atoms with E-state index in [1.54, 1.807) is 4.90 Å². The van der Waals surface area contributed by atoms with E-state index in [0.717, 1.165) is 38.5 Å². The molecule has 5 rings (SSSR count). The van der Waals surface area contributed by atoms with Crippen LogP contribution in [0.4, 0.5) is 4.79 Å². The normalized spacial score (nSPS) is 27.8. The third kappa shape index (κ3) is 6.83. The molecule has 1 unspecified atom stereocenters. The number of amides is 6. The quantitative estimate of drug-likeness (QED) is 0.215. The summed E-state index contributed by atoms with van der Waals surface area (Å²) in [4.78, 5) is 85.5. The molecule has 6 amide bonds. The van der Waals surface area contributed by atoms with Gasteiger partial charge in [-0.05, 0) is 67.1 Å². The first-order valence-corrected chi connectivity index (χ1v) is 19.4. The summed E-state index contributed by atoms with van der Waals surface area (Å²) in [6.07, 6.45) is 6.78. The number of ketones is 1. The van der Waals surface area contributed by atoms with E-state index >= 15 is 0 Å². The number of likely N-dealkylation sites (tertiary alicyclic amines) is 1. The molecule has 3 saturated carbocycles. The van der Waals surface area contributed by atoms with E-state index in [4.69, 9.17) is 5.73 Å². The fraction of sp³-hybridized carbons (Fsp3) is 0.846. The van der Waals surface area contributed by atoms with Crippen LogP contribution in [0.5, 0.6) is 0 Å². The number of piperazine rings is 1. The zero-order valence-electron chi connectivity index (χ0n) is 33.3. The Labute approximate surface area is 310 Å². The predicted molar refractivity (Wildman–Crippen MR) is 198 cm³/mol. The zero-order chi connectivity index (χ0) is 38.8. The number of hydrogen-bond donors (Lipinski definition) is 5. The van der Waals surface area contributed by atoms with Gasteiger partial charge in [-0.15, -0.1) is 0 Å². The second kappa shape index (κ2) is 13.6. The summed E-state index contributed by atoms with van der Waals surface area (Å²) in [6.45, 7) is 21.9. The van der Waals surface area contributed by atoms with Crippen molar-refractivity contribution < 1.29 is 28.8 Å². The summed E-state index contributed by atoms with van der Waals surface area (Å²) >= 11 is 0. The van der Waals surface area contributed by atoms with Crippen LogP contribution >= 0.6 is 0 Å². The van der Waals surface area contributed by atoms with E-state index in [9.17, 15) is 28.8 Å². The zero-order valence-corrected chi connectivity index (χ0v) is 33.3. The van der Waals surface area contributed by atoms with E-state index in [1.165, 1.54) is 0 Å². The molecule has 6 N–H and O–H groups in total. The molecule has 5 fully saturated rings. The Morgan fingerprint density at radius 2 is 1.40 bits per heavy atom. The van der Waals surface area contributed by atoms with Crippen molar-refractivity contribution >= 4 is 35.4 Å². The summed E-state index contributed by atoms with van der Waals surface area (Å²) in [5.74, 6) is -2.75. The van der Waals surface area contributed by atoms with Crippen molar-refractivity contribution in [3.63, 3.8) is 0 Å². The minimum atomic E-state index is -1.09. The average molecular weight is 728 g/mol. The van der Waals surface area contributed by atoms with Gasteiger partial charge in [-0.1, -0.05) is 81.1 Å². The number of nitrogens with two attached hydrogens (primary N) is 1. The highest BCUT2D eigenvalue weighted by molar-refractivity contribution is 6.37. The van der Waals surface area contributed by atoms with Gasteiger partial charge in [0.1, 0.15) is 18.1 Å². The topological polar surface area (TPSA) is 183 Å². The van der Waals surface area contributed by atoms with Crippen LogP contribution in [-0.2, 0) is 24.0 Å². The van der Waals surface area contributed by atoms with E-state index < -0.39 is 70.1 Å². The number of primary amides is 1. The number of Topliss-reactive ketones (excluding diaryl/α,β-unsaturated/α-hetero) is 1. The number of hydrogen-bond acceptors (Lipinski definition) is 7. The van der Waals surface area contributed by atoms with Crippen LogP contribution in [0, 0.1) is 33.0 Å². The monoisotopic (exact) mass is 727 g/mol. The van der Waals surface area contributed by atoms with Crippen molar-refractivity contribution in [2.24, 2.45) is 38.7 Å². The second-order valence-electron chi connectivity index (χ2n) is 19.8. The molecular formula is C39H65N7O6. The lowest BCUT2D eigenvalue weighted by atomic mass is 9.73. The SMILES string of the molecule is CC(C)(C)[C@H](NC(=O)N[C@H](C(=O)N1CCNCC1(C)C)C(C)(C)C)C(=O)N1C[C@]2(C[C@H]1C(=O)NC(CC1CCC1)C(=O)C(N)=O)C(C)(C)C21CCC1. The Kier molecular flexibility index (Phi) is 10.4. The molecule has 0 aromatic carbocycles. The maximum absolute atomic E-state index is 14.9. The number of nitrogens with one attached hydrogen (secondary N) is 4. The number of carbonyl (C=O) groups excluding carboxylic acids is 6. The molecule has 0 aromatic rings. The molecule has 13 nitrogen and oxygen atoms in total. The Morgan fingerprint density at radius 3 is 1.85 bits per heavy atom. The van der Waals surface area contributed by atoms with Crippen LogP contribution < -0.4 is 27.0 Å². The highest BCUT2D eigenvalue weighted by atomic mass is 16.2. The molecule has 2 spiro atoms. The highest BCUT2D eigenvalue weighted by Crippen LogP contribution is 2.88. The average Bonchev–Trinajstić information content (AvgIpc) is 3.20. The van der Waals surface area contributed by atoms with Crippen LogP contribution in [-0.4, -0.2) is 101 Å². The summed E-state index contributed by atoms with van der Waals surface area (Å²) in [7, 11) is 0. The lowest BCUT2D eigenvalue weighted by molar-refractivity contribution is -0.143. The Balaban J connectivity index is 1.40. The molecule has 0 aromatic heterocycles. The number of fused-ring (bicyclic) bond motifs is 1. The first kappa shape index (κ1) is 40.0. The van der Waals surface area contributed by atoms with Crippen molar-refractivity contribution in [1.29, 1.82) is 0 Å². The molecule has 0 radical (unpaired) electrons. The molecule has 5 aliphatic rings. The molecule has 3 aliphatic carbocycles. The first-order chi connectivity index (χ1) is 23.9. The minimum absolute atomic E-state index is 0.0159. The lowest BCUT2D eigenvalue weighted by Crippen LogP contribution is -2.67. The molecule has 2 aliphatic heterocycles. The maximum Gasteiger partial charge on any atom is 0.316 e. The van der Waals surface area contributed by atoms with Crippen molar-refractivity contribution in [3.05, 3.63) is 0 Å². The van der Waals surface area contributed by atoms with Gasteiger partial charge in [0.25, 0.3) is 5.91 Å². The lowest BCUT2D eigenvalue weighted by Gasteiger charge is -2.46. The first-order valence-electron chi connectivity index (χ1n) is 19.4. The van der Waals surface area contributed by atoms with Crippen LogP contribution in [0.25, 0.3) is 0 Å². The second-order valence-corrected chi connectivity index (χ2v) is 19.8. The van der Waals surface area contributed by atoms with Gasteiger partial charge in [-0.25, -0.2) is 4.79 Å². The standard InChI is InChI=1S/C39H65N7O6/c1-34(2,3)27(43-33(52)44-28(35(4,5)6)32(51)46-18-17-41-21-36(46,7)8)31(50)45-22-39(37(9,10)38(39)15-12-16-38)20-25(45)30(49)42-24(26(47)29(40)48)19-23-13-11-14-23/h23-25,27-28,41H,11-22H2,1-10H3,(H2,40,48)(H,42,49)(H2,43,44,52)/t24?,25-,27+,28+,39+/m0/s1. The summed E-state index contributed by atoms with van der Waals surface area (Å²) in [6, 6.07) is -4.50. The number of carbonyl (C=O) groups is 6. The van der Waals surface area contributed by atoms with Gasteiger partial charge >= 0.3 is 6.03 Å². The molecule has 52 heavy (non-hydrogen) atoms. The van der Waals surface area contributed by atoms with Crippen molar-refractivity contribution in [2.45, 2.75) is 150 Å². The van der Waals surface area contributed by atoms with Gasteiger partial charge in [0.15, 0.2) is 0 Å². The van der Waals surface area contributed by atoms with E-state index in [1.807, 2.05) is 60.3 Å². The number of nitrogens with zero attached hydrogens (tertiary/aromatic N) is 2. The number of rotatable bonds is 10. The minimum Gasteiger partial charge on any atom is -0.363 e. The molecule has 5 atom stereocenters. The molecule has 0 bridgehead atoms. The fourth-order valence-electron chi connectivity index (χ4n) is 10.1. The molecule has 2 heterocycles. The fourth-order valence-corrected chi connectivity index (χ4v) is 10.1. The maximum atomic E-state index is 14.9. The Morgan fingerprint density at radius 1 is 0.827 bits per heavy atom. The van der Waals surface area contributed by atoms with Gasteiger partial charge in [-0.2, -0.15) is 0 Å². The van der Waals surface area contributed by atoms with Crippen LogP contribution in [0.3, 0.4) is 0 Å². The smallest absolute Gasteiger partial charge is 0.316 e. The summed E-state index contributed by atoms with van der Waals surface area (Å²) in [5, 5.41) is 12.1. The van der Waals surface area contributed by atoms with Crippen molar-refractivity contribution in [2.75, 3.05) is 26.2 Å². The predicted octanol–water partition coefficient (Wildman–Crippen LogP) is 2.85. The van der Waals surface area contributed by atoms with Crippen LogP contribution in [0.1, 0.15) is 121 Å². The highest BCUT2D eigenvalue weighted by Gasteiger charge is 2.85. The van der Waals surface area contributed by atoms with E-state index in [2.05, 4.69) is 35.1 Å². The van der Waals surface area contributed by atoms with Gasteiger partial charge in [0.2, 0.25) is 23.5 Å². The third-order valence-electron chi connectivity index (χ3n) is 13.9. The van der Waals surface area contributed by atoms with E-state index in [-0.39, 0.29) is 28.1 Å². The molecular weight excluding hydrogens is 662 g/mol. The Bertz CT molecular complexity index is 1470. The van der Waals surface area contributed by atoms with Crippen molar-refractivity contribution in [1.82, 2.24) is 31.1 Å². The van der Waals surface area contributed by atoms with Crippen molar-refractivity contribution in [3.8, 4) is 0 Å². The van der Waals surface area contributed by atoms with Gasteiger partial charge in [-0.3, -0.25) is 24.0 Å². The molecule has 292 valence electrons. The van der Waals surface area contributed by atoms with Gasteiger partial charge in [0.05, 0.1) is 6.04 Å². The third-order valence-corrected chi connectivity index (χ3v) is 13.9. The number of urea groups is 1. The summed E-state index contributed by atoms with van der Waals surface area (Å²) in [5.41, 5.74) is 3.18. The van der Waals surface area contributed by atoms with Crippen LogP contribution in [0.2, 0.25) is 0 Å². The molecule has 2 saturated heterocycles. The molecule has 13 heteroatoms. The largest absolute Gasteiger partial charge is 0.363 e. The van der Waals surface area contributed by atoms with Gasteiger partial charge in [0, 0.05) is 37.1 Å². The Hall–Kier alpha value is -3.22. The summed E-state index contributed by atoms with van der Waals surface area (Å²) < 4.78 is 0. The van der Waals surface area contributed by atoms with Gasteiger partial charge < -0.3 is 36.8 Å².